The summed E-state index contributed by atoms with van der Waals surface area (Å²) in [7, 11) is 0. The number of oxime groups is 1. The average Bonchev–Trinajstić information content (AvgIpc) is 3.02. The zero-order chi connectivity index (χ0) is 18.6. The van der Waals surface area contributed by atoms with Gasteiger partial charge in [0.2, 0.25) is 0 Å². The molecule has 1 heterocycles. The molecule has 0 amide bonds. The molecule has 0 spiro atoms. The largest absolute Gasteiger partial charge is 0.490 e. The molecule has 1 aromatic heterocycles. The van der Waals surface area contributed by atoms with Crippen molar-refractivity contribution in [3.8, 4) is 5.75 Å². The van der Waals surface area contributed by atoms with Crippen LogP contribution in [-0.2, 0) is 6.54 Å². The van der Waals surface area contributed by atoms with Crippen molar-refractivity contribution in [1.29, 1.82) is 0 Å². The molecule has 0 saturated carbocycles. The third kappa shape index (κ3) is 3.37. The molecule has 0 fully saturated rings. The van der Waals surface area contributed by atoms with Crippen molar-refractivity contribution in [2.45, 2.75) is 12.6 Å². The van der Waals surface area contributed by atoms with Crippen LogP contribution in [0.15, 0.2) is 78.0 Å². The Hall–Kier alpha value is -3.31. The molecule has 5 nitrogen and oxygen atoms in total. The Morgan fingerprint density at radius 3 is 2.15 bits per heavy atom. The first-order valence-corrected chi connectivity index (χ1v) is 8.81. The Kier molecular flexibility index (Phi) is 4.77. The fraction of sp³-hybridized carbons (Fsp3) is 0.136. The highest BCUT2D eigenvalue weighted by Gasteiger charge is 2.14. The fourth-order valence-electron chi connectivity index (χ4n) is 3.43. The van der Waals surface area contributed by atoms with Gasteiger partial charge < -0.3 is 19.6 Å². The molecule has 4 rings (SSSR count). The van der Waals surface area contributed by atoms with Crippen LogP contribution in [0.1, 0.15) is 5.56 Å². The second kappa shape index (κ2) is 7.51. The molecule has 0 bridgehead atoms. The molecule has 0 aliphatic carbocycles. The van der Waals surface area contributed by atoms with E-state index >= 15 is 0 Å². The molecular weight excluding hydrogens is 340 g/mol. The molecule has 5 heteroatoms. The number of para-hydroxylation sites is 3. The van der Waals surface area contributed by atoms with Gasteiger partial charge in [0.05, 0.1) is 12.8 Å². The van der Waals surface area contributed by atoms with Crippen molar-refractivity contribution in [3.05, 3.63) is 78.4 Å². The highest BCUT2D eigenvalue weighted by atomic mass is 16.5. The summed E-state index contributed by atoms with van der Waals surface area (Å²) in [6.45, 7) is 0.557. The van der Waals surface area contributed by atoms with E-state index in [1.165, 1.54) is 17.0 Å². The van der Waals surface area contributed by atoms with Gasteiger partial charge in [-0.15, -0.1) is 0 Å². The second-order valence-electron chi connectivity index (χ2n) is 6.39. The van der Waals surface area contributed by atoms with Crippen molar-refractivity contribution >= 4 is 28.0 Å². The van der Waals surface area contributed by atoms with Crippen LogP contribution in [0.2, 0.25) is 0 Å². The lowest BCUT2D eigenvalue weighted by Gasteiger charge is -2.16. The average molecular weight is 360 g/mol. The highest BCUT2D eigenvalue weighted by molar-refractivity contribution is 6.07. The van der Waals surface area contributed by atoms with E-state index in [0.717, 1.165) is 11.0 Å². The lowest BCUT2D eigenvalue weighted by atomic mass is 10.2. The number of aliphatic hydroxyl groups excluding tert-OH is 1. The van der Waals surface area contributed by atoms with E-state index < -0.39 is 6.10 Å². The van der Waals surface area contributed by atoms with Gasteiger partial charge in [0.25, 0.3) is 0 Å². The van der Waals surface area contributed by atoms with Crippen LogP contribution in [0.25, 0.3) is 21.8 Å². The van der Waals surface area contributed by atoms with Crippen molar-refractivity contribution in [1.82, 2.24) is 4.57 Å². The zero-order valence-electron chi connectivity index (χ0n) is 14.7. The number of hydrogen-bond acceptors (Lipinski definition) is 4. The van der Waals surface area contributed by atoms with Crippen LogP contribution in [-0.4, -0.2) is 33.8 Å². The van der Waals surface area contributed by atoms with Crippen LogP contribution >= 0.6 is 0 Å². The molecule has 4 aromatic rings. The maximum Gasteiger partial charge on any atom is 0.128 e. The normalized spacial score (nSPS) is 12.8. The molecular formula is C22H20N2O3. The molecule has 0 aliphatic rings. The monoisotopic (exact) mass is 360 g/mol. The minimum atomic E-state index is -0.691. The van der Waals surface area contributed by atoms with E-state index in [9.17, 15) is 5.11 Å². The van der Waals surface area contributed by atoms with Gasteiger partial charge in [-0.05, 0) is 24.3 Å². The molecule has 3 aromatic carbocycles. The number of hydrogen-bond donors (Lipinski definition) is 2. The summed E-state index contributed by atoms with van der Waals surface area (Å²) >= 11 is 0. The van der Waals surface area contributed by atoms with Crippen LogP contribution < -0.4 is 4.74 Å². The third-order valence-corrected chi connectivity index (χ3v) is 4.62. The Bertz CT molecular complexity index is 1050. The summed E-state index contributed by atoms with van der Waals surface area (Å²) in [5.41, 5.74) is 2.83. The third-order valence-electron chi connectivity index (χ3n) is 4.62. The maximum absolute atomic E-state index is 10.6. The fourth-order valence-corrected chi connectivity index (χ4v) is 3.43. The molecule has 2 N–H and O–H groups in total. The SMILES string of the molecule is O/N=C\c1ccccc1OC[C@@H](O)Cn1c2ccccc2c2ccccc21. The van der Waals surface area contributed by atoms with Gasteiger partial charge in [0.1, 0.15) is 18.5 Å². The highest BCUT2D eigenvalue weighted by Crippen LogP contribution is 2.29. The van der Waals surface area contributed by atoms with Crippen LogP contribution in [0.5, 0.6) is 5.75 Å². The number of aliphatic hydroxyl groups is 1. The maximum atomic E-state index is 10.6. The lowest BCUT2D eigenvalue weighted by Crippen LogP contribution is -2.23. The van der Waals surface area contributed by atoms with E-state index in [0.29, 0.717) is 17.9 Å². The van der Waals surface area contributed by atoms with Gasteiger partial charge in [-0.25, -0.2) is 0 Å². The number of aromatic nitrogens is 1. The Morgan fingerprint density at radius 1 is 0.889 bits per heavy atom. The van der Waals surface area contributed by atoms with Gasteiger partial charge in [-0.1, -0.05) is 53.7 Å². The Labute approximate surface area is 156 Å². The first-order valence-electron chi connectivity index (χ1n) is 8.81. The summed E-state index contributed by atoms with van der Waals surface area (Å²) < 4.78 is 7.88. The molecule has 0 unspecified atom stereocenters. The van der Waals surface area contributed by atoms with Gasteiger partial charge >= 0.3 is 0 Å². The summed E-state index contributed by atoms with van der Waals surface area (Å²) in [5.74, 6) is 0.566. The standard InChI is InChI=1S/C22H20N2O3/c25-17(15-27-22-12-6-1-7-16(22)13-23-26)14-24-20-10-4-2-8-18(20)19-9-3-5-11-21(19)24/h1-13,17,25-26H,14-15H2/b23-13-/t17-/m0/s1. The minimum absolute atomic E-state index is 0.136. The number of nitrogens with zero attached hydrogens (tertiary/aromatic N) is 2. The number of fused-ring (bicyclic) bond motifs is 3. The van der Waals surface area contributed by atoms with Crippen molar-refractivity contribution < 1.29 is 15.1 Å². The topological polar surface area (TPSA) is 67.0 Å². The first kappa shape index (κ1) is 17.1. The molecule has 27 heavy (non-hydrogen) atoms. The first-order chi connectivity index (χ1) is 13.3. The van der Waals surface area contributed by atoms with Gasteiger partial charge in [-0.3, -0.25) is 0 Å². The molecule has 0 aliphatic heterocycles. The number of rotatable bonds is 6. The minimum Gasteiger partial charge on any atom is -0.490 e. The lowest BCUT2D eigenvalue weighted by molar-refractivity contribution is 0.0944. The smallest absolute Gasteiger partial charge is 0.128 e. The van der Waals surface area contributed by atoms with E-state index in [4.69, 9.17) is 9.94 Å². The summed E-state index contributed by atoms with van der Waals surface area (Å²) in [5, 5.41) is 24.7. The van der Waals surface area contributed by atoms with E-state index in [1.54, 1.807) is 12.1 Å². The zero-order valence-corrected chi connectivity index (χ0v) is 14.7. The molecule has 1 atom stereocenters. The summed E-state index contributed by atoms with van der Waals surface area (Å²) in [6, 6.07) is 23.6. The number of ether oxygens (including phenoxy) is 1. The summed E-state index contributed by atoms with van der Waals surface area (Å²) in [4.78, 5) is 0. The summed E-state index contributed by atoms with van der Waals surface area (Å²) in [6.07, 6.45) is 0.623. The van der Waals surface area contributed by atoms with Crippen LogP contribution in [0.3, 0.4) is 0 Å². The van der Waals surface area contributed by atoms with Crippen molar-refractivity contribution in [2.75, 3.05) is 6.61 Å². The van der Waals surface area contributed by atoms with Gasteiger partial charge in [-0.2, -0.15) is 0 Å². The molecule has 0 saturated heterocycles. The molecule has 0 radical (unpaired) electrons. The van der Waals surface area contributed by atoms with E-state index in [-0.39, 0.29) is 6.61 Å². The predicted octanol–water partition coefficient (Wildman–Crippen LogP) is 4.04. The Balaban J connectivity index is 1.57. The van der Waals surface area contributed by atoms with Gasteiger partial charge in [0.15, 0.2) is 0 Å². The second-order valence-corrected chi connectivity index (χ2v) is 6.39. The number of benzene rings is 3. The van der Waals surface area contributed by atoms with Crippen molar-refractivity contribution in [3.63, 3.8) is 0 Å². The van der Waals surface area contributed by atoms with Crippen molar-refractivity contribution in [2.24, 2.45) is 5.16 Å². The van der Waals surface area contributed by atoms with Gasteiger partial charge in [0, 0.05) is 27.4 Å². The van der Waals surface area contributed by atoms with E-state index in [2.05, 4.69) is 34.0 Å². The van der Waals surface area contributed by atoms with E-state index in [1.807, 2.05) is 36.4 Å². The quantitative estimate of drug-likeness (QED) is 0.310. The predicted molar refractivity (Wildman–Crippen MR) is 107 cm³/mol. The Morgan fingerprint density at radius 2 is 1.48 bits per heavy atom. The van der Waals surface area contributed by atoms with Crippen LogP contribution in [0, 0.1) is 0 Å². The molecule has 136 valence electrons. The van der Waals surface area contributed by atoms with Crippen LogP contribution in [0.4, 0.5) is 0 Å².